The summed E-state index contributed by atoms with van der Waals surface area (Å²) >= 11 is 0. The van der Waals surface area contributed by atoms with Crippen LogP contribution in [-0.2, 0) is 12.8 Å². The van der Waals surface area contributed by atoms with Gasteiger partial charge in [0, 0.05) is 19.6 Å². The zero-order valence-corrected chi connectivity index (χ0v) is 10.4. The molecule has 88 valence electrons. The Morgan fingerprint density at radius 2 is 1.88 bits per heavy atom. The van der Waals surface area contributed by atoms with Crippen LogP contribution in [0.3, 0.4) is 0 Å². The number of hydrogen-bond acceptors (Lipinski definition) is 2. The van der Waals surface area contributed by atoms with Gasteiger partial charge in [0.1, 0.15) is 0 Å². The molecule has 0 saturated carbocycles. The second-order valence-corrected chi connectivity index (χ2v) is 4.91. The summed E-state index contributed by atoms with van der Waals surface area (Å²) < 4.78 is 0. The predicted molar refractivity (Wildman–Crippen MR) is 68.8 cm³/mol. The van der Waals surface area contributed by atoms with Crippen molar-refractivity contribution < 1.29 is 0 Å². The zero-order valence-electron chi connectivity index (χ0n) is 10.4. The lowest BCUT2D eigenvalue weighted by Crippen LogP contribution is -2.31. The molecule has 2 nitrogen and oxygen atoms in total. The van der Waals surface area contributed by atoms with Gasteiger partial charge in [-0.15, -0.1) is 0 Å². The summed E-state index contributed by atoms with van der Waals surface area (Å²) in [5, 5.41) is 3.20. The Bertz CT molecular complexity index is 310. The molecule has 0 bridgehead atoms. The minimum Gasteiger partial charge on any atom is -0.318 e. The Morgan fingerprint density at radius 3 is 2.44 bits per heavy atom. The minimum atomic E-state index is 0.819. The predicted octanol–water partition coefficient (Wildman–Crippen LogP) is 1.55. The lowest BCUT2D eigenvalue weighted by atomic mass is 10.1. The van der Waals surface area contributed by atoms with Crippen molar-refractivity contribution in [2.24, 2.45) is 5.92 Å². The van der Waals surface area contributed by atoms with Gasteiger partial charge in [0.25, 0.3) is 0 Å². The van der Waals surface area contributed by atoms with Crippen molar-refractivity contribution in [3.63, 3.8) is 0 Å². The average Bonchev–Trinajstić information content (AvgIpc) is 2.68. The van der Waals surface area contributed by atoms with Gasteiger partial charge in [0.15, 0.2) is 0 Å². The first-order valence-electron chi connectivity index (χ1n) is 6.19. The number of hydrogen-bond donors (Lipinski definition) is 1. The summed E-state index contributed by atoms with van der Waals surface area (Å²) in [4.78, 5) is 2.44. The summed E-state index contributed by atoms with van der Waals surface area (Å²) in [5.74, 6) is 0.819. The summed E-state index contributed by atoms with van der Waals surface area (Å²) in [6.45, 7) is 3.44. The highest BCUT2D eigenvalue weighted by Gasteiger charge is 2.21. The van der Waals surface area contributed by atoms with Crippen LogP contribution in [0.15, 0.2) is 24.3 Å². The van der Waals surface area contributed by atoms with E-state index in [9.17, 15) is 0 Å². The van der Waals surface area contributed by atoms with Crippen molar-refractivity contribution in [1.82, 2.24) is 10.2 Å². The molecule has 1 aromatic rings. The van der Waals surface area contributed by atoms with E-state index in [4.69, 9.17) is 0 Å². The Kier molecular flexibility index (Phi) is 3.97. The van der Waals surface area contributed by atoms with Crippen molar-refractivity contribution in [3.8, 4) is 0 Å². The largest absolute Gasteiger partial charge is 0.318 e. The van der Waals surface area contributed by atoms with Gasteiger partial charge in [0.05, 0.1) is 0 Å². The van der Waals surface area contributed by atoms with E-state index in [1.165, 1.54) is 19.4 Å². The first kappa shape index (κ1) is 11.6. The maximum atomic E-state index is 3.20. The van der Waals surface area contributed by atoms with Crippen LogP contribution in [0.2, 0.25) is 0 Å². The van der Waals surface area contributed by atoms with Gasteiger partial charge >= 0.3 is 0 Å². The van der Waals surface area contributed by atoms with Crippen LogP contribution < -0.4 is 5.32 Å². The molecule has 0 atom stereocenters. The molecule has 1 aliphatic carbocycles. The van der Waals surface area contributed by atoms with E-state index in [1.54, 1.807) is 11.1 Å². The van der Waals surface area contributed by atoms with Crippen LogP contribution in [0.1, 0.15) is 11.1 Å². The summed E-state index contributed by atoms with van der Waals surface area (Å²) in [6, 6.07) is 8.88. The van der Waals surface area contributed by atoms with E-state index >= 15 is 0 Å². The molecule has 0 radical (unpaired) electrons. The third-order valence-corrected chi connectivity index (χ3v) is 3.45. The molecule has 0 amide bonds. The summed E-state index contributed by atoms with van der Waals surface area (Å²) in [6.07, 6.45) is 2.53. The van der Waals surface area contributed by atoms with Gasteiger partial charge in [-0.25, -0.2) is 0 Å². The topological polar surface area (TPSA) is 15.3 Å². The lowest BCUT2D eigenvalue weighted by molar-refractivity contribution is 0.282. The number of benzene rings is 1. The maximum absolute atomic E-state index is 3.20. The van der Waals surface area contributed by atoms with Crippen molar-refractivity contribution in [2.75, 3.05) is 33.7 Å². The SMILES string of the molecule is CNCCN(C)CC1Cc2ccccc2C1. The second-order valence-electron chi connectivity index (χ2n) is 4.91. The van der Waals surface area contributed by atoms with Gasteiger partial charge < -0.3 is 10.2 Å². The molecule has 2 rings (SSSR count). The molecule has 0 aromatic heterocycles. The van der Waals surface area contributed by atoms with Crippen molar-refractivity contribution >= 4 is 0 Å². The molecule has 1 aromatic carbocycles. The van der Waals surface area contributed by atoms with Gasteiger partial charge in [-0.1, -0.05) is 24.3 Å². The molecular weight excluding hydrogens is 196 g/mol. The molecule has 2 heteroatoms. The highest BCUT2D eigenvalue weighted by Crippen LogP contribution is 2.26. The van der Waals surface area contributed by atoms with Gasteiger partial charge in [-0.05, 0) is 44.0 Å². The van der Waals surface area contributed by atoms with Crippen molar-refractivity contribution in [3.05, 3.63) is 35.4 Å². The fourth-order valence-electron chi connectivity index (χ4n) is 2.61. The molecule has 1 N–H and O–H groups in total. The number of likely N-dealkylation sites (N-methyl/N-ethyl adjacent to an activating group) is 2. The standard InChI is InChI=1S/C14H22N2/c1-15-7-8-16(2)11-12-9-13-5-3-4-6-14(13)10-12/h3-6,12,15H,7-11H2,1-2H3. The Labute approximate surface area is 98.7 Å². The third-order valence-electron chi connectivity index (χ3n) is 3.45. The first-order chi connectivity index (χ1) is 7.79. The molecule has 16 heavy (non-hydrogen) atoms. The Morgan fingerprint density at radius 1 is 1.25 bits per heavy atom. The van der Waals surface area contributed by atoms with Crippen LogP contribution >= 0.6 is 0 Å². The summed E-state index contributed by atoms with van der Waals surface area (Å²) in [7, 11) is 4.24. The Hall–Kier alpha value is -0.860. The van der Waals surface area contributed by atoms with E-state index in [2.05, 4.69) is 41.5 Å². The third kappa shape index (κ3) is 2.83. The zero-order chi connectivity index (χ0) is 11.4. The smallest absolute Gasteiger partial charge is 0.0104 e. The molecule has 0 aliphatic heterocycles. The fraction of sp³-hybridized carbons (Fsp3) is 0.571. The number of nitrogens with one attached hydrogen (secondary N) is 1. The monoisotopic (exact) mass is 218 g/mol. The Balaban J connectivity index is 1.82. The molecule has 1 aliphatic rings. The van der Waals surface area contributed by atoms with Gasteiger partial charge in [-0.2, -0.15) is 0 Å². The molecule has 0 unspecified atom stereocenters. The van der Waals surface area contributed by atoms with E-state index in [0.29, 0.717) is 0 Å². The highest BCUT2D eigenvalue weighted by molar-refractivity contribution is 5.32. The van der Waals surface area contributed by atoms with Crippen LogP contribution in [0.25, 0.3) is 0 Å². The van der Waals surface area contributed by atoms with Gasteiger partial charge in [0.2, 0.25) is 0 Å². The first-order valence-corrected chi connectivity index (χ1v) is 6.19. The van der Waals surface area contributed by atoms with Crippen LogP contribution in [0.4, 0.5) is 0 Å². The lowest BCUT2D eigenvalue weighted by Gasteiger charge is -2.20. The molecule has 0 heterocycles. The van der Waals surface area contributed by atoms with E-state index < -0.39 is 0 Å². The minimum absolute atomic E-state index is 0.819. The number of rotatable bonds is 5. The van der Waals surface area contributed by atoms with Crippen LogP contribution in [0, 0.1) is 5.92 Å². The fourth-order valence-corrected chi connectivity index (χ4v) is 2.61. The van der Waals surface area contributed by atoms with Crippen molar-refractivity contribution in [1.29, 1.82) is 0 Å². The van der Waals surface area contributed by atoms with E-state index in [0.717, 1.165) is 19.0 Å². The van der Waals surface area contributed by atoms with Gasteiger partial charge in [-0.3, -0.25) is 0 Å². The number of nitrogens with zero attached hydrogens (tertiary/aromatic N) is 1. The molecule has 0 fully saturated rings. The van der Waals surface area contributed by atoms with E-state index in [1.807, 2.05) is 7.05 Å². The van der Waals surface area contributed by atoms with E-state index in [-0.39, 0.29) is 0 Å². The molecule has 0 saturated heterocycles. The maximum Gasteiger partial charge on any atom is 0.0104 e. The summed E-state index contributed by atoms with van der Waals surface area (Å²) in [5.41, 5.74) is 3.13. The number of fused-ring (bicyclic) bond motifs is 1. The highest BCUT2D eigenvalue weighted by atomic mass is 15.1. The quantitative estimate of drug-likeness (QED) is 0.807. The van der Waals surface area contributed by atoms with Crippen LogP contribution in [-0.4, -0.2) is 38.6 Å². The second kappa shape index (κ2) is 5.46. The molecule has 0 spiro atoms. The normalized spacial score (nSPS) is 15.7. The van der Waals surface area contributed by atoms with Crippen LogP contribution in [0.5, 0.6) is 0 Å². The van der Waals surface area contributed by atoms with Crippen molar-refractivity contribution in [2.45, 2.75) is 12.8 Å². The average molecular weight is 218 g/mol. The molecular formula is C14H22N2.